The standard InChI is InChI=1S/C11H17N3/c1-14(9-10-4-2-7-13-10)11-5-3-6-12-8-11/h3,5-6,8,10,13H,2,4,7,9H2,1H3. The SMILES string of the molecule is CN(CC1CCCN1)c1cccnc1. The molecule has 1 aliphatic heterocycles. The van der Waals surface area contributed by atoms with E-state index in [2.05, 4.69) is 28.3 Å². The molecule has 3 heteroatoms. The van der Waals surface area contributed by atoms with E-state index >= 15 is 0 Å². The Kier molecular flexibility index (Phi) is 2.99. The first kappa shape index (κ1) is 9.46. The van der Waals surface area contributed by atoms with Crippen LogP contribution in [0.3, 0.4) is 0 Å². The first-order valence-electron chi connectivity index (χ1n) is 5.21. The Morgan fingerprint density at radius 1 is 1.64 bits per heavy atom. The van der Waals surface area contributed by atoms with Gasteiger partial charge in [-0.1, -0.05) is 0 Å². The molecule has 0 bridgehead atoms. The van der Waals surface area contributed by atoms with E-state index in [0.29, 0.717) is 6.04 Å². The first-order valence-corrected chi connectivity index (χ1v) is 5.21. The van der Waals surface area contributed by atoms with Gasteiger partial charge in [-0.25, -0.2) is 0 Å². The minimum atomic E-state index is 0.653. The minimum Gasteiger partial charge on any atom is -0.372 e. The average molecular weight is 191 g/mol. The van der Waals surface area contributed by atoms with Crippen LogP contribution in [0, 0.1) is 0 Å². The lowest BCUT2D eigenvalue weighted by molar-refractivity contribution is 0.599. The second-order valence-corrected chi connectivity index (χ2v) is 3.89. The number of nitrogens with one attached hydrogen (secondary N) is 1. The Hall–Kier alpha value is -1.09. The van der Waals surface area contributed by atoms with Crippen molar-refractivity contribution in [1.29, 1.82) is 0 Å². The lowest BCUT2D eigenvalue weighted by Gasteiger charge is -2.22. The van der Waals surface area contributed by atoms with E-state index in [0.717, 1.165) is 6.54 Å². The van der Waals surface area contributed by atoms with Crippen molar-refractivity contribution in [2.75, 3.05) is 25.0 Å². The Morgan fingerprint density at radius 3 is 3.21 bits per heavy atom. The van der Waals surface area contributed by atoms with Gasteiger partial charge in [-0.15, -0.1) is 0 Å². The van der Waals surface area contributed by atoms with Crippen molar-refractivity contribution in [3.05, 3.63) is 24.5 Å². The van der Waals surface area contributed by atoms with Gasteiger partial charge < -0.3 is 10.2 Å². The molecule has 76 valence electrons. The molecule has 0 spiro atoms. The highest BCUT2D eigenvalue weighted by atomic mass is 15.1. The van der Waals surface area contributed by atoms with Crippen LogP contribution in [0.5, 0.6) is 0 Å². The molecular weight excluding hydrogens is 174 g/mol. The van der Waals surface area contributed by atoms with E-state index in [1.165, 1.54) is 25.1 Å². The van der Waals surface area contributed by atoms with Crippen LogP contribution in [0.25, 0.3) is 0 Å². The normalized spacial score (nSPS) is 21.1. The molecule has 0 saturated carbocycles. The van der Waals surface area contributed by atoms with E-state index in [9.17, 15) is 0 Å². The highest BCUT2D eigenvalue weighted by molar-refractivity contribution is 5.42. The van der Waals surface area contributed by atoms with E-state index < -0.39 is 0 Å². The summed E-state index contributed by atoms with van der Waals surface area (Å²) in [6.07, 6.45) is 6.33. The Morgan fingerprint density at radius 2 is 2.57 bits per heavy atom. The number of likely N-dealkylation sites (N-methyl/N-ethyl adjacent to an activating group) is 1. The van der Waals surface area contributed by atoms with Crippen LogP contribution in [0.4, 0.5) is 5.69 Å². The van der Waals surface area contributed by atoms with Crippen molar-refractivity contribution in [2.45, 2.75) is 18.9 Å². The molecule has 1 aliphatic rings. The zero-order chi connectivity index (χ0) is 9.80. The molecule has 1 fully saturated rings. The number of rotatable bonds is 3. The second kappa shape index (κ2) is 4.42. The third-order valence-electron chi connectivity index (χ3n) is 2.74. The van der Waals surface area contributed by atoms with Crippen molar-refractivity contribution < 1.29 is 0 Å². The molecule has 3 nitrogen and oxygen atoms in total. The number of aromatic nitrogens is 1. The number of pyridine rings is 1. The zero-order valence-corrected chi connectivity index (χ0v) is 8.61. The van der Waals surface area contributed by atoms with Gasteiger partial charge in [0.1, 0.15) is 0 Å². The molecule has 1 aromatic heterocycles. The highest BCUT2D eigenvalue weighted by Gasteiger charge is 2.15. The largest absolute Gasteiger partial charge is 0.372 e. The third-order valence-corrected chi connectivity index (χ3v) is 2.74. The van der Waals surface area contributed by atoms with Gasteiger partial charge in [0.05, 0.1) is 11.9 Å². The zero-order valence-electron chi connectivity index (χ0n) is 8.61. The van der Waals surface area contributed by atoms with Gasteiger partial charge in [0.2, 0.25) is 0 Å². The van der Waals surface area contributed by atoms with Crippen LogP contribution in [0.1, 0.15) is 12.8 Å². The molecule has 0 aliphatic carbocycles. The van der Waals surface area contributed by atoms with Crippen molar-refractivity contribution in [3.63, 3.8) is 0 Å². The van der Waals surface area contributed by atoms with Crippen LogP contribution in [0.15, 0.2) is 24.5 Å². The monoisotopic (exact) mass is 191 g/mol. The molecule has 1 atom stereocenters. The molecule has 2 rings (SSSR count). The third kappa shape index (κ3) is 2.23. The lowest BCUT2D eigenvalue weighted by Crippen LogP contribution is -2.35. The maximum absolute atomic E-state index is 4.12. The lowest BCUT2D eigenvalue weighted by atomic mass is 10.2. The number of nitrogens with zero attached hydrogens (tertiary/aromatic N) is 2. The summed E-state index contributed by atoms with van der Waals surface area (Å²) in [6.45, 7) is 2.25. The van der Waals surface area contributed by atoms with Gasteiger partial charge in [-0.05, 0) is 31.5 Å². The summed E-state index contributed by atoms with van der Waals surface area (Å²) >= 11 is 0. The average Bonchev–Trinajstić information content (AvgIpc) is 2.72. The summed E-state index contributed by atoms with van der Waals surface area (Å²) < 4.78 is 0. The van der Waals surface area contributed by atoms with Crippen molar-refractivity contribution in [3.8, 4) is 0 Å². The predicted octanol–water partition coefficient (Wildman–Crippen LogP) is 1.27. The molecule has 1 N–H and O–H groups in total. The minimum absolute atomic E-state index is 0.653. The van der Waals surface area contributed by atoms with Crippen LogP contribution in [0.2, 0.25) is 0 Å². The molecule has 0 aromatic carbocycles. The van der Waals surface area contributed by atoms with E-state index in [4.69, 9.17) is 0 Å². The summed E-state index contributed by atoms with van der Waals surface area (Å²) in [5.41, 5.74) is 1.20. The molecule has 0 amide bonds. The van der Waals surface area contributed by atoms with Crippen molar-refractivity contribution in [1.82, 2.24) is 10.3 Å². The Bertz CT molecular complexity index is 267. The summed E-state index contributed by atoms with van der Waals surface area (Å²) in [6, 6.07) is 4.73. The van der Waals surface area contributed by atoms with Crippen LogP contribution in [-0.2, 0) is 0 Å². The van der Waals surface area contributed by atoms with Crippen molar-refractivity contribution in [2.24, 2.45) is 0 Å². The van der Waals surface area contributed by atoms with Gasteiger partial charge in [0.25, 0.3) is 0 Å². The van der Waals surface area contributed by atoms with Gasteiger partial charge >= 0.3 is 0 Å². The Labute approximate surface area is 85.1 Å². The molecule has 1 aromatic rings. The second-order valence-electron chi connectivity index (χ2n) is 3.89. The highest BCUT2D eigenvalue weighted by Crippen LogP contribution is 2.12. The molecule has 1 unspecified atom stereocenters. The van der Waals surface area contributed by atoms with Crippen molar-refractivity contribution >= 4 is 5.69 Å². The summed E-state index contributed by atoms with van der Waals surface area (Å²) in [4.78, 5) is 6.38. The number of hydrogen-bond donors (Lipinski definition) is 1. The van der Waals surface area contributed by atoms with E-state index in [1.54, 1.807) is 0 Å². The van der Waals surface area contributed by atoms with Crippen LogP contribution >= 0.6 is 0 Å². The van der Waals surface area contributed by atoms with E-state index in [-0.39, 0.29) is 0 Å². The van der Waals surface area contributed by atoms with Crippen LogP contribution < -0.4 is 10.2 Å². The number of anilines is 1. The summed E-state index contributed by atoms with van der Waals surface area (Å²) in [7, 11) is 2.12. The van der Waals surface area contributed by atoms with Gasteiger partial charge in [0.15, 0.2) is 0 Å². The topological polar surface area (TPSA) is 28.2 Å². The first-order chi connectivity index (χ1) is 6.86. The fourth-order valence-corrected chi connectivity index (χ4v) is 1.93. The number of hydrogen-bond acceptors (Lipinski definition) is 3. The molecule has 2 heterocycles. The van der Waals surface area contributed by atoms with Gasteiger partial charge in [-0.2, -0.15) is 0 Å². The fraction of sp³-hybridized carbons (Fsp3) is 0.545. The molecule has 0 radical (unpaired) electrons. The summed E-state index contributed by atoms with van der Waals surface area (Å²) in [5, 5.41) is 3.50. The molecule has 14 heavy (non-hydrogen) atoms. The van der Waals surface area contributed by atoms with Gasteiger partial charge in [-0.3, -0.25) is 4.98 Å². The Balaban J connectivity index is 1.92. The predicted molar refractivity (Wildman–Crippen MR) is 58.5 cm³/mol. The van der Waals surface area contributed by atoms with E-state index in [1.807, 2.05) is 18.5 Å². The molecular formula is C11H17N3. The molecule has 1 saturated heterocycles. The maximum Gasteiger partial charge on any atom is 0.0550 e. The summed E-state index contributed by atoms with van der Waals surface area (Å²) in [5.74, 6) is 0. The maximum atomic E-state index is 4.12. The smallest absolute Gasteiger partial charge is 0.0550 e. The van der Waals surface area contributed by atoms with Gasteiger partial charge in [0, 0.05) is 25.8 Å². The fourth-order valence-electron chi connectivity index (χ4n) is 1.93. The van der Waals surface area contributed by atoms with Crippen LogP contribution in [-0.4, -0.2) is 31.2 Å². The quantitative estimate of drug-likeness (QED) is 0.780.